The second kappa shape index (κ2) is 17.6. The second-order valence-corrected chi connectivity index (χ2v) is 9.94. The smallest absolute Gasteiger partial charge is 0.121 e. The van der Waals surface area contributed by atoms with Crippen LogP contribution in [0.2, 0.25) is 0 Å². The van der Waals surface area contributed by atoms with Crippen LogP contribution in [0.25, 0.3) is 0 Å². The van der Waals surface area contributed by atoms with Gasteiger partial charge in [-0.15, -0.1) is 0 Å². The largest absolute Gasteiger partial charge is 0.507 e. The maximum atomic E-state index is 10.4. The van der Waals surface area contributed by atoms with Gasteiger partial charge in [0.05, 0.1) is 6.61 Å². The van der Waals surface area contributed by atoms with Gasteiger partial charge in [0, 0.05) is 7.11 Å². The van der Waals surface area contributed by atoms with Crippen molar-refractivity contribution in [3.63, 3.8) is 0 Å². The van der Waals surface area contributed by atoms with Crippen LogP contribution in [-0.4, -0.2) is 29.0 Å². The molecule has 0 amide bonds. The number of hydrogen-bond donors (Lipinski definition) is 3. The zero-order valence-electron chi connectivity index (χ0n) is 23.5. The van der Waals surface area contributed by atoms with Crippen LogP contribution in [0.3, 0.4) is 0 Å². The Bertz CT molecular complexity index is 799. The third-order valence-electron chi connectivity index (χ3n) is 7.09. The zero-order valence-corrected chi connectivity index (χ0v) is 23.5. The predicted octanol–water partition coefficient (Wildman–Crippen LogP) is 7.97. The summed E-state index contributed by atoms with van der Waals surface area (Å²) in [6, 6.07) is 0. The Hall–Kier alpha value is -1.84. The Morgan fingerprint density at radius 1 is 0.706 bits per heavy atom. The van der Waals surface area contributed by atoms with Gasteiger partial charge in [0.15, 0.2) is 0 Å². The molecular weight excluding hydrogens is 420 g/mol. The van der Waals surface area contributed by atoms with Crippen LogP contribution < -0.4 is 0 Å². The standard InChI is InChI=1S/C30H48O2.CH4O/c1-21(12-9-13-22(2)15-11-17-24(4)20-31)14-10-16-23(3)18-19-29-26(6)25(5)27(7)30(32)28(29)8;1-2/h13-14,17,23,31-32H,9-12,15-16,18-20H2,1-8H3;2H,1H3/b21-14+,22-13+,24-17+;. The van der Waals surface area contributed by atoms with E-state index in [1.807, 2.05) is 13.8 Å². The number of hydrogen-bond acceptors (Lipinski definition) is 3. The summed E-state index contributed by atoms with van der Waals surface area (Å²) in [7, 11) is 1.00. The Morgan fingerprint density at radius 3 is 1.74 bits per heavy atom. The van der Waals surface area contributed by atoms with Gasteiger partial charge < -0.3 is 15.3 Å². The molecule has 0 saturated heterocycles. The van der Waals surface area contributed by atoms with E-state index in [4.69, 9.17) is 10.2 Å². The first-order valence-electron chi connectivity index (χ1n) is 12.9. The molecule has 3 nitrogen and oxygen atoms in total. The summed E-state index contributed by atoms with van der Waals surface area (Å²) in [5.74, 6) is 1.16. The molecule has 0 aromatic heterocycles. The fourth-order valence-electron chi connectivity index (χ4n) is 4.28. The van der Waals surface area contributed by atoms with Crippen LogP contribution in [0.5, 0.6) is 5.75 Å². The van der Waals surface area contributed by atoms with Gasteiger partial charge in [0.1, 0.15) is 5.75 Å². The summed E-state index contributed by atoms with van der Waals surface area (Å²) in [5.41, 5.74) is 10.0. The molecule has 1 unspecified atom stereocenters. The number of aromatic hydroxyl groups is 1. The highest BCUT2D eigenvalue weighted by molar-refractivity contribution is 5.53. The van der Waals surface area contributed by atoms with Gasteiger partial charge in [-0.1, -0.05) is 41.9 Å². The molecule has 194 valence electrons. The molecule has 34 heavy (non-hydrogen) atoms. The van der Waals surface area contributed by atoms with Crippen LogP contribution in [0.1, 0.15) is 100 Å². The summed E-state index contributed by atoms with van der Waals surface area (Å²) < 4.78 is 0. The summed E-state index contributed by atoms with van der Waals surface area (Å²) in [4.78, 5) is 0. The van der Waals surface area contributed by atoms with Gasteiger partial charge in [0.25, 0.3) is 0 Å². The van der Waals surface area contributed by atoms with E-state index in [-0.39, 0.29) is 6.61 Å². The van der Waals surface area contributed by atoms with Crippen molar-refractivity contribution in [1.29, 1.82) is 0 Å². The molecule has 0 heterocycles. The quantitative estimate of drug-likeness (QED) is 0.255. The van der Waals surface area contributed by atoms with E-state index in [1.165, 1.54) is 40.7 Å². The van der Waals surface area contributed by atoms with Crippen LogP contribution in [0, 0.1) is 33.6 Å². The molecule has 1 rings (SSSR count). The van der Waals surface area contributed by atoms with Crippen LogP contribution in [-0.2, 0) is 6.42 Å². The zero-order chi connectivity index (χ0) is 26.3. The van der Waals surface area contributed by atoms with Gasteiger partial charge >= 0.3 is 0 Å². The van der Waals surface area contributed by atoms with Gasteiger partial charge in [-0.2, -0.15) is 0 Å². The van der Waals surface area contributed by atoms with Gasteiger partial charge in [-0.3, -0.25) is 0 Å². The first-order valence-corrected chi connectivity index (χ1v) is 12.9. The van der Waals surface area contributed by atoms with E-state index < -0.39 is 0 Å². The van der Waals surface area contributed by atoms with Gasteiger partial charge in [0.2, 0.25) is 0 Å². The van der Waals surface area contributed by atoms with E-state index in [9.17, 15) is 5.11 Å². The molecule has 0 spiro atoms. The maximum Gasteiger partial charge on any atom is 0.121 e. The maximum absolute atomic E-state index is 10.4. The SMILES string of the molecule is C/C(=C\CC/C(C)=C/CC/C(C)=C/CCC(C)CCc1c(C)c(C)c(C)c(O)c1C)CO.CO. The average Bonchev–Trinajstić information content (AvgIpc) is 2.82. The van der Waals surface area contributed by atoms with Crippen molar-refractivity contribution in [1.82, 2.24) is 0 Å². The predicted molar refractivity (Wildman–Crippen MR) is 149 cm³/mol. The highest BCUT2D eigenvalue weighted by Gasteiger charge is 2.14. The first-order chi connectivity index (χ1) is 16.1. The molecule has 1 atom stereocenters. The van der Waals surface area contributed by atoms with Crippen molar-refractivity contribution >= 4 is 0 Å². The van der Waals surface area contributed by atoms with Crippen LogP contribution in [0.15, 0.2) is 34.9 Å². The molecule has 0 aliphatic heterocycles. The molecule has 1 aromatic rings. The highest BCUT2D eigenvalue weighted by Crippen LogP contribution is 2.33. The Labute approximate surface area is 210 Å². The number of benzene rings is 1. The van der Waals surface area contributed by atoms with Crippen molar-refractivity contribution in [2.45, 2.75) is 107 Å². The summed E-state index contributed by atoms with van der Waals surface area (Å²) in [5, 5.41) is 26.5. The normalized spacial score (nSPS) is 13.6. The van der Waals surface area contributed by atoms with Crippen molar-refractivity contribution in [2.75, 3.05) is 13.7 Å². The molecule has 0 saturated carbocycles. The Kier molecular flexibility index (Phi) is 16.6. The van der Waals surface area contributed by atoms with Crippen molar-refractivity contribution < 1.29 is 15.3 Å². The van der Waals surface area contributed by atoms with E-state index in [0.717, 1.165) is 62.3 Å². The minimum absolute atomic E-state index is 0.167. The molecule has 0 aliphatic rings. The Balaban J connectivity index is 0.00000529. The lowest BCUT2D eigenvalue weighted by Gasteiger charge is -2.19. The lowest BCUT2D eigenvalue weighted by atomic mass is 9.88. The molecule has 0 aliphatic carbocycles. The van der Waals surface area contributed by atoms with E-state index in [2.05, 4.69) is 59.8 Å². The molecule has 1 aromatic carbocycles. The minimum atomic E-state index is 0.167. The number of phenols is 1. The lowest BCUT2D eigenvalue weighted by Crippen LogP contribution is -2.03. The number of aliphatic hydroxyl groups excluding tert-OH is 2. The van der Waals surface area contributed by atoms with Crippen LogP contribution in [0.4, 0.5) is 0 Å². The molecule has 3 heteroatoms. The number of allylic oxidation sites excluding steroid dienone is 5. The van der Waals surface area contributed by atoms with Gasteiger partial charge in [-0.05, 0) is 134 Å². The number of rotatable bonds is 13. The van der Waals surface area contributed by atoms with Crippen molar-refractivity contribution in [2.24, 2.45) is 5.92 Å². The average molecular weight is 473 g/mol. The minimum Gasteiger partial charge on any atom is -0.507 e. The first kappa shape index (κ1) is 32.2. The molecule has 0 bridgehead atoms. The third-order valence-corrected chi connectivity index (χ3v) is 7.09. The monoisotopic (exact) mass is 472 g/mol. The molecule has 0 radical (unpaired) electrons. The fraction of sp³-hybridized carbons (Fsp3) is 0.613. The molecule has 3 N–H and O–H groups in total. The molecular formula is C31H52O3. The number of phenolic OH excluding ortho intramolecular Hbond substituents is 1. The molecule has 0 fully saturated rings. The number of aliphatic hydroxyl groups is 2. The lowest BCUT2D eigenvalue weighted by molar-refractivity contribution is 0.331. The second-order valence-electron chi connectivity index (χ2n) is 9.94. The van der Waals surface area contributed by atoms with Crippen molar-refractivity contribution in [3.8, 4) is 5.75 Å². The van der Waals surface area contributed by atoms with Gasteiger partial charge in [-0.25, -0.2) is 0 Å². The van der Waals surface area contributed by atoms with Crippen LogP contribution >= 0.6 is 0 Å². The third kappa shape index (κ3) is 11.5. The topological polar surface area (TPSA) is 60.7 Å². The Morgan fingerprint density at radius 2 is 1.21 bits per heavy atom. The van der Waals surface area contributed by atoms with Crippen molar-refractivity contribution in [3.05, 3.63) is 62.8 Å². The summed E-state index contributed by atoms with van der Waals surface area (Å²) in [6.45, 7) is 17.4. The van der Waals surface area contributed by atoms with E-state index in [1.54, 1.807) is 0 Å². The highest BCUT2D eigenvalue weighted by atomic mass is 16.3. The fourth-order valence-corrected chi connectivity index (χ4v) is 4.28. The summed E-state index contributed by atoms with van der Waals surface area (Å²) >= 11 is 0. The summed E-state index contributed by atoms with van der Waals surface area (Å²) in [6.07, 6.45) is 15.9. The van der Waals surface area contributed by atoms with E-state index in [0.29, 0.717) is 11.7 Å². The van der Waals surface area contributed by atoms with E-state index >= 15 is 0 Å².